The number of ether oxygens (including phenoxy) is 2. The van der Waals surface area contributed by atoms with Gasteiger partial charge in [0.1, 0.15) is 5.75 Å². The highest BCUT2D eigenvalue weighted by molar-refractivity contribution is 5.71. The first-order chi connectivity index (χ1) is 7.96. The van der Waals surface area contributed by atoms with Crippen molar-refractivity contribution >= 4 is 6.09 Å². The lowest BCUT2D eigenvalue weighted by Crippen LogP contribution is -2.28. The van der Waals surface area contributed by atoms with Gasteiger partial charge >= 0.3 is 6.09 Å². The van der Waals surface area contributed by atoms with Crippen molar-refractivity contribution in [3.05, 3.63) is 28.8 Å². The van der Waals surface area contributed by atoms with Gasteiger partial charge in [0, 0.05) is 5.56 Å². The van der Waals surface area contributed by atoms with Gasteiger partial charge in [0.15, 0.2) is 5.60 Å². The van der Waals surface area contributed by atoms with Crippen LogP contribution >= 0.6 is 0 Å². The Labute approximate surface area is 101 Å². The van der Waals surface area contributed by atoms with Gasteiger partial charge in [0.05, 0.1) is 13.7 Å². The van der Waals surface area contributed by atoms with Crippen LogP contribution in [0.5, 0.6) is 5.75 Å². The molecule has 0 saturated carbocycles. The Balaban J connectivity index is 2.49. The molecule has 0 aliphatic carbocycles. The van der Waals surface area contributed by atoms with E-state index in [1.54, 1.807) is 7.11 Å². The quantitative estimate of drug-likeness (QED) is 0.855. The molecular weight excluding hydrogens is 218 g/mol. The van der Waals surface area contributed by atoms with Crippen LogP contribution in [0.15, 0.2) is 12.1 Å². The molecule has 1 saturated heterocycles. The fourth-order valence-electron chi connectivity index (χ4n) is 2.53. The summed E-state index contributed by atoms with van der Waals surface area (Å²) >= 11 is 0. The summed E-state index contributed by atoms with van der Waals surface area (Å²) in [6, 6.07) is 3.92. The third-order valence-corrected chi connectivity index (χ3v) is 3.16. The van der Waals surface area contributed by atoms with Gasteiger partial charge in [-0.2, -0.15) is 0 Å². The first kappa shape index (κ1) is 11.8. The second kappa shape index (κ2) is 3.95. The van der Waals surface area contributed by atoms with Crippen LogP contribution in [0, 0.1) is 13.8 Å². The van der Waals surface area contributed by atoms with Gasteiger partial charge in [-0.25, -0.2) is 4.79 Å². The van der Waals surface area contributed by atoms with E-state index in [0.717, 1.165) is 22.4 Å². The first-order valence-electron chi connectivity index (χ1n) is 5.59. The van der Waals surface area contributed by atoms with Gasteiger partial charge in [0.2, 0.25) is 0 Å². The number of rotatable bonds is 2. The maximum atomic E-state index is 11.2. The van der Waals surface area contributed by atoms with Gasteiger partial charge in [-0.15, -0.1) is 0 Å². The molecule has 1 aromatic rings. The second-order valence-electron chi connectivity index (χ2n) is 4.61. The molecule has 2 rings (SSSR count). The van der Waals surface area contributed by atoms with Gasteiger partial charge in [-0.1, -0.05) is 0 Å². The second-order valence-corrected chi connectivity index (χ2v) is 4.61. The molecule has 92 valence electrons. The van der Waals surface area contributed by atoms with E-state index in [0.29, 0.717) is 6.54 Å². The summed E-state index contributed by atoms with van der Waals surface area (Å²) in [5, 5.41) is 2.70. The number of hydrogen-bond donors (Lipinski definition) is 1. The van der Waals surface area contributed by atoms with E-state index in [1.807, 2.05) is 32.9 Å². The number of aryl methyl sites for hydroxylation is 2. The Morgan fingerprint density at radius 3 is 2.35 bits per heavy atom. The Hall–Kier alpha value is -1.71. The molecule has 4 nitrogen and oxygen atoms in total. The molecule has 1 aromatic carbocycles. The van der Waals surface area contributed by atoms with Gasteiger partial charge in [-0.3, -0.25) is 0 Å². The van der Waals surface area contributed by atoms with Crippen LogP contribution in [0.2, 0.25) is 0 Å². The van der Waals surface area contributed by atoms with Crippen molar-refractivity contribution in [1.29, 1.82) is 0 Å². The van der Waals surface area contributed by atoms with Crippen LogP contribution in [0.1, 0.15) is 23.6 Å². The molecule has 4 heteroatoms. The highest BCUT2D eigenvalue weighted by atomic mass is 16.6. The van der Waals surface area contributed by atoms with Crippen LogP contribution < -0.4 is 10.1 Å². The predicted octanol–water partition coefficient (Wildman–Crippen LogP) is 2.27. The zero-order chi connectivity index (χ0) is 12.6. The molecule has 1 unspecified atom stereocenters. The van der Waals surface area contributed by atoms with Crippen molar-refractivity contribution in [2.45, 2.75) is 26.4 Å². The Kier molecular flexibility index (Phi) is 2.73. The molecule has 1 aliphatic rings. The monoisotopic (exact) mass is 235 g/mol. The zero-order valence-electron chi connectivity index (χ0n) is 10.6. The van der Waals surface area contributed by atoms with Crippen LogP contribution in [0.25, 0.3) is 0 Å². The van der Waals surface area contributed by atoms with Crippen molar-refractivity contribution in [3.63, 3.8) is 0 Å². The summed E-state index contributed by atoms with van der Waals surface area (Å²) in [5.74, 6) is 0.824. The molecule has 0 radical (unpaired) electrons. The standard InChI is InChI=1S/C13H17NO3/c1-8-5-10(16-4)6-9(2)11(8)13(3)7-14-12(15)17-13/h5-6H,7H2,1-4H3,(H,14,15). The lowest BCUT2D eigenvalue weighted by Gasteiger charge is -2.26. The number of benzene rings is 1. The van der Waals surface area contributed by atoms with Crippen molar-refractivity contribution in [3.8, 4) is 5.75 Å². The third kappa shape index (κ3) is 1.95. The van der Waals surface area contributed by atoms with Crippen molar-refractivity contribution in [2.75, 3.05) is 13.7 Å². The molecule has 1 N–H and O–H groups in total. The number of amides is 1. The molecule has 1 fully saturated rings. The van der Waals surface area contributed by atoms with Gasteiger partial charge < -0.3 is 14.8 Å². The van der Waals surface area contributed by atoms with E-state index in [9.17, 15) is 4.79 Å². The molecule has 1 amide bonds. The molecule has 0 aromatic heterocycles. The first-order valence-corrected chi connectivity index (χ1v) is 5.59. The molecule has 0 spiro atoms. The zero-order valence-corrected chi connectivity index (χ0v) is 10.6. The molecular formula is C13H17NO3. The maximum absolute atomic E-state index is 11.2. The smallest absolute Gasteiger partial charge is 0.408 e. The van der Waals surface area contributed by atoms with Crippen LogP contribution in [0.3, 0.4) is 0 Å². The van der Waals surface area contributed by atoms with E-state index in [2.05, 4.69) is 5.32 Å². The molecule has 1 atom stereocenters. The highest BCUT2D eigenvalue weighted by Gasteiger charge is 2.39. The predicted molar refractivity (Wildman–Crippen MR) is 64.3 cm³/mol. The van der Waals surface area contributed by atoms with Crippen LogP contribution in [-0.4, -0.2) is 19.7 Å². The van der Waals surface area contributed by atoms with Gasteiger partial charge in [0.25, 0.3) is 0 Å². The van der Waals surface area contributed by atoms with Crippen molar-refractivity contribution in [2.24, 2.45) is 0 Å². The summed E-state index contributed by atoms with van der Waals surface area (Å²) in [6.07, 6.45) is -0.359. The lowest BCUT2D eigenvalue weighted by atomic mass is 9.88. The number of nitrogens with one attached hydrogen (secondary N) is 1. The Morgan fingerprint density at radius 1 is 1.35 bits per heavy atom. The Bertz CT molecular complexity index is 447. The fourth-order valence-corrected chi connectivity index (χ4v) is 2.53. The minimum absolute atomic E-state index is 0.359. The summed E-state index contributed by atoms with van der Waals surface area (Å²) in [6.45, 7) is 6.43. The summed E-state index contributed by atoms with van der Waals surface area (Å²) in [7, 11) is 1.65. The summed E-state index contributed by atoms with van der Waals surface area (Å²) < 4.78 is 10.6. The Morgan fingerprint density at radius 2 is 1.94 bits per heavy atom. The topological polar surface area (TPSA) is 47.6 Å². The molecule has 0 bridgehead atoms. The lowest BCUT2D eigenvalue weighted by molar-refractivity contribution is 0.0694. The number of cyclic esters (lactones) is 1. The summed E-state index contributed by atoms with van der Waals surface area (Å²) in [5.41, 5.74) is 2.61. The third-order valence-electron chi connectivity index (χ3n) is 3.16. The number of carbonyl (C=O) groups excluding carboxylic acids is 1. The summed E-state index contributed by atoms with van der Waals surface area (Å²) in [4.78, 5) is 11.2. The van der Waals surface area contributed by atoms with Crippen LogP contribution in [-0.2, 0) is 10.3 Å². The van der Waals surface area contributed by atoms with Crippen LogP contribution in [0.4, 0.5) is 4.79 Å². The van der Waals surface area contributed by atoms with E-state index >= 15 is 0 Å². The minimum Gasteiger partial charge on any atom is -0.497 e. The average molecular weight is 235 g/mol. The number of hydrogen-bond acceptors (Lipinski definition) is 3. The fraction of sp³-hybridized carbons (Fsp3) is 0.462. The highest BCUT2D eigenvalue weighted by Crippen LogP contribution is 2.35. The molecule has 1 heterocycles. The van der Waals surface area contributed by atoms with E-state index < -0.39 is 5.60 Å². The van der Waals surface area contributed by atoms with Crippen molar-refractivity contribution < 1.29 is 14.3 Å². The normalized spacial score (nSPS) is 23.2. The van der Waals surface area contributed by atoms with E-state index in [4.69, 9.17) is 9.47 Å². The largest absolute Gasteiger partial charge is 0.497 e. The number of methoxy groups -OCH3 is 1. The number of alkyl carbamates (subject to hydrolysis) is 1. The average Bonchev–Trinajstić information content (AvgIpc) is 2.58. The van der Waals surface area contributed by atoms with Gasteiger partial charge in [-0.05, 0) is 44.0 Å². The van der Waals surface area contributed by atoms with E-state index in [1.165, 1.54) is 0 Å². The van der Waals surface area contributed by atoms with Crippen molar-refractivity contribution in [1.82, 2.24) is 5.32 Å². The number of carbonyl (C=O) groups is 1. The molecule has 1 aliphatic heterocycles. The maximum Gasteiger partial charge on any atom is 0.408 e. The van der Waals surface area contributed by atoms with E-state index in [-0.39, 0.29) is 6.09 Å². The molecule has 17 heavy (non-hydrogen) atoms. The minimum atomic E-state index is -0.586. The SMILES string of the molecule is COc1cc(C)c(C2(C)CNC(=O)O2)c(C)c1.